The summed E-state index contributed by atoms with van der Waals surface area (Å²) < 4.78 is 0. The number of rotatable bonds is 4. The molecule has 0 saturated heterocycles. The first-order valence-corrected chi connectivity index (χ1v) is 5.30. The van der Waals surface area contributed by atoms with Crippen molar-refractivity contribution in [3.05, 3.63) is 18.0 Å². The molecule has 1 heterocycles. The Bertz CT molecular complexity index is 261. The molecule has 1 aromatic heterocycles. The molecule has 0 spiro atoms. The Morgan fingerprint density at radius 3 is 2.92 bits per heavy atom. The lowest BCUT2D eigenvalue weighted by Crippen LogP contribution is -2.15. The van der Waals surface area contributed by atoms with Crippen LogP contribution in [0.15, 0.2) is 17.4 Å². The molecule has 1 aromatic rings. The minimum atomic E-state index is 0.432. The van der Waals surface area contributed by atoms with Crippen LogP contribution in [0.4, 0.5) is 0 Å². The molecule has 0 aromatic carbocycles. The van der Waals surface area contributed by atoms with E-state index in [-0.39, 0.29) is 0 Å². The van der Waals surface area contributed by atoms with Crippen LogP contribution >= 0.6 is 11.8 Å². The van der Waals surface area contributed by atoms with Crippen LogP contribution in [-0.2, 0) is 0 Å². The van der Waals surface area contributed by atoms with Crippen LogP contribution in [0.1, 0.15) is 19.0 Å². The average molecular weight is 197 g/mol. The fraction of sp³-hybridized carbons (Fsp3) is 0.556. The zero-order chi connectivity index (χ0) is 9.68. The first-order chi connectivity index (χ1) is 6.26. The standard InChI is InChI=1S/C9H15N3S/c1-3-8(6-10)13-9-11-5-4-7(2)12-9/h4-5,8H,3,6,10H2,1-2H3. The maximum atomic E-state index is 5.59. The van der Waals surface area contributed by atoms with Gasteiger partial charge in [-0.2, -0.15) is 0 Å². The van der Waals surface area contributed by atoms with Crippen LogP contribution in [0.25, 0.3) is 0 Å². The minimum absolute atomic E-state index is 0.432. The first kappa shape index (κ1) is 10.5. The number of hydrogen-bond donors (Lipinski definition) is 1. The normalized spacial score (nSPS) is 12.8. The molecule has 0 aliphatic heterocycles. The molecule has 0 amide bonds. The molecule has 4 heteroatoms. The van der Waals surface area contributed by atoms with Gasteiger partial charge in [0.15, 0.2) is 5.16 Å². The summed E-state index contributed by atoms with van der Waals surface area (Å²) in [5, 5.41) is 1.26. The summed E-state index contributed by atoms with van der Waals surface area (Å²) in [7, 11) is 0. The Hall–Kier alpha value is -0.610. The zero-order valence-corrected chi connectivity index (χ0v) is 8.84. The molecule has 0 radical (unpaired) electrons. The number of nitrogens with two attached hydrogens (primary N) is 1. The van der Waals surface area contributed by atoms with Crippen LogP contribution in [0.2, 0.25) is 0 Å². The maximum absolute atomic E-state index is 5.59. The molecule has 0 bridgehead atoms. The predicted octanol–water partition coefficient (Wildman–Crippen LogP) is 1.61. The lowest BCUT2D eigenvalue weighted by Gasteiger charge is -2.09. The van der Waals surface area contributed by atoms with Crippen LogP contribution in [0.3, 0.4) is 0 Å². The molecule has 1 atom stereocenters. The van der Waals surface area contributed by atoms with Crippen LogP contribution in [-0.4, -0.2) is 21.8 Å². The number of hydrogen-bond acceptors (Lipinski definition) is 4. The van der Waals surface area contributed by atoms with Gasteiger partial charge in [-0.3, -0.25) is 0 Å². The van der Waals surface area contributed by atoms with Crippen LogP contribution in [0.5, 0.6) is 0 Å². The summed E-state index contributed by atoms with van der Waals surface area (Å²) in [5.74, 6) is 0. The van der Waals surface area contributed by atoms with Crippen LogP contribution in [0, 0.1) is 6.92 Å². The van der Waals surface area contributed by atoms with E-state index in [1.54, 1.807) is 18.0 Å². The van der Waals surface area contributed by atoms with Gasteiger partial charge in [0.25, 0.3) is 0 Å². The second-order valence-corrected chi connectivity index (χ2v) is 4.13. The fourth-order valence-electron chi connectivity index (χ4n) is 0.930. The van der Waals surface area contributed by atoms with Crippen molar-refractivity contribution in [1.82, 2.24) is 9.97 Å². The Kier molecular flexibility index (Phi) is 4.18. The first-order valence-electron chi connectivity index (χ1n) is 4.42. The van der Waals surface area contributed by atoms with Crippen molar-refractivity contribution in [3.8, 4) is 0 Å². The third kappa shape index (κ3) is 3.32. The van der Waals surface area contributed by atoms with Gasteiger partial charge >= 0.3 is 0 Å². The zero-order valence-electron chi connectivity index (χ0n) is 8.03. The highest BCUT2D eigenvalue weighted by molar-refractivity contribution is 7.99. The molecule has 1 rings (SSSR count). The van der Waals surface area contributed by atoms with Gasteiger partial charge in [0.05, 0.1) is 0 Å². The van der Waals surface area contributed by atoms with E-state index < -0.39 is 0 Å². The van der Waals surface area contributed by atoms with Crippen molar-refractivity contribution in [1.29, 1.82) is 0 Å². The van der Waals surface area contributed by atoms with Gasteiger partial charge < -0.3 is 5.73 Å². The van der Waals surface area contributed by atoms with Crippen LogP contribution < -0.4 is 5.73 Å². The second kappa shape index (κ2) is 5.19. The summed E-state index contributed by atoms with van der Waals surface area (Å²) in [6, 6.07) is 1.90. The summed E-state index contributed by atoms with van der Waals surface area (Å²) in [6.45, 7) is 4.77. The molecule has 3 nitrogen and oxygen atoms in total. The quantitative estimate of drug-likeness (QED) is 0.588. The molecule has 2 N–H and O–H groups in total. The lowest BCUT2D eigenvalue weighted by molar-refractivity contribution is 0.815. The molecule has 0 aliphatic carbocycles. The average Bonchev–Trinajstić information content (AvgIpc) is 2.14. The van der Waals surface area contributed by atoms with E-state index in [0.29, 0.717) is 11.8 Å². The third-order valence-electron chi connectivity index (χ3n) is 1.76. The molecule has 13 heavy (non-hydrogen) atoms. The number of aryl methyl sites for hydroxylation is 1. The number of thioether (sulfide) groups is 1. The lowest BCUT2D eigenvalue weighted by atomic mass is 10.3. The van der Waals surface area contributed by atoms with Gasteiger partial charge in [-0.1, -0.05) is 18.7 Å². The smallest absolute Gasteiger partial charge is 0.188 e. The number of nitrogens with zero attached hydrogens (tertiary/aromatic N) is 2. The van der Waals surface area contributed by atoms with Crippen molar-refractivity contribution in [2.75, 3.05) is 6.54 Å². The van der Waals surface area contributed by atoms with Crippen molar-refractivity contribution < 1.29 is 0 Å². The molecular weight excluding hydrogens is 182 g/mol. The van der Waals surface area contributed by atoms with Crippen molar-refractivity contribution in [2.45, 2.75) is 30.7 Å². The van der Waals surface area contributed by atoms with E-state index >= 15 is 0 Å². The second-order valence-electron chi connectivity index (χ2n) is 2.86. The summed E-state index contributed by atoms with van der Waals surface area (Å²) in [4.78, 5) is 8.48. The summed E-state index contributed by atoms with van der Waals surface area (Å²) in [6.07, 6.45) is 2.84. The van der Waals surface area contributed by atoms with Gasteiger partial charge in [0, 0.05) is 23.7 Å². The van der Waals surface area contributed by atoms with E-state index in [1.807, 2.05) is 13.0 Å². The predicted molar refractivity (Wildman–Crippen MR) is 55.8 cm³/mol. The van der Waals surface area contributed by atoms with Gasteiger partial charge in [-0.15, -0.1) is 0 Å². The topological polar surface area (TPSA) is 51.8 Å². The monoisotopic (exact) mass is 197 g/mol. The highest BCUT2D eigenvalue weighted by Gasteiger charge is 2.07. The molecule has 72 valence electrons. The van der Waals surface area contributed by atoms with Gasteiger partial charge in [0.1, 0.15) is 0 Å². The van der Waals surface area contributed by atoms with E-state index in [4.69, 9.17) is 5.73 Å². The number of aromatic nitrogens is 2. The SMILES string of the molecule is CCC(CN)Sc1nccc(C)n1. The third-order valence-corrected chi connectivity index (χ3v) is 3.03. The molecule has 0 saturated carbocycles. The van der Waals surface area contributed by atoms with Gasteiger partial charge in [-0.05, 0) is 19.4 Å². The largest absolute Gasteiger partial charge is 0.329 e. The maximum Gasteiger partial charge on any atom is 0.188 e. The Balaban J connectivity index is 2.62. The molecule has 0 fully saturated rings. The van der Waals surface area contributed by atoms with Gasteiger partial charge in [0.2, 0.25) is 0 Å². The molecule has 0 aliphatic rings. The van der Waals surface area contributed by atoms with E-state index in [9.17, 15) is 0 Å². The Morgan fingerprint density at radius 1 is 1.62 bits per heavy atom. The minimum Gasteiger partial charge on any atom is -0.329 e. The van der Waals surface area contributed by atoms with Gasteiger partial charge in [-0.25, -0.2) is 9.97 Å². The summed E-state index contributed by atoms with van der Waals surface area (Å²) >= 11 is 1.66. The Labute approximate surface area is 83.2 Å². The highest BCUT2D eigenvalue weighted by atomic mass is 32.2. The van der Waals surface area contributed by atoms with Crippen molar-refractivity contribution in [3.63, 3.8) is 0 Å². The van der Waals surface area contributed by atoms with E-state index in [2.05, 4.69) is 16.9 Å². The summed E-state index contributed by atoms with van der Waals surface area (Å²) in [5.41, 5.74) is 6.60. The molecular formula is C9H15N3S. The fourth-order valence-corrected chi connectivity index (χ4v) is 1.81. The van der Waals surface area contributed by atoms with Crippen molar-refractivity contribution in [2.24, 2.45) is 5.73 Å². The molecule has 1 unspecified atom stereocenters. The highest BCUT2D eigenvalue weighted by Crippen LogP contribution is 2.20. The Morgan fingerprint density at radius 2 is 2.38 bits per heavy atom. The van der Waals surface area contributed by atoms with E-state index in [0.717, 1.165) is 17.3 Å². The van der Waals surface area contributed by atoms with Crippen molar-refractivity contribution >= 4 is 11.8 Å². The van der Waals surface area contributed by atoms with E-state index in [1.165, 1.54) is 0 Å².